The second-order valence-corrected chi connectivity index (χ2v) is 15.4. The van der Waals surface area contributed by atoms with Crippen molar-refractivity contribution in [2.24, 2.45) is 0 Å². The maximum atomic E-state index is 15.3. The first-order valence-electron chi connectivity index (χ1n) is 15.4. The average molecular weight is 633 g/mol. The molecule has 2 aromatic heterocycles. The molecular formula is C35H41FN4O2S2. The Kier molecular flexibility index (Phi) is 8.70. The summed E-state index contributed by atoms with van der Waals surface area (Å²) in [6.45, 7) is 12.3. The van der Waals surface area contributed by atoms with E-state index in [2.05, 4.69) is 84.2 Å². The first-order valence-corrected chi connectivity index (χ1v) is 17.1. The number of para-hydroxylation sites is 1. The second kappa shape index (κ2) is 12.5. The lowest BCUT2D eigenvalue weighted by Crippen LogP contribution is -2.48. The van der Waals surface area contributed by atoms with Crippen molar-refractivity contribution in [2.45, 2.75) is 70.9 Å². The molecule has 44 heavy (non-hydrogen) atoms. The predicted molar refractivity (Wildman–Crippen MR) is 179 cm³/mol. The third-order valence-electron chi connectivity index (χ3n) is 8.75. The first kappa shape index (κ1) is 30.6. The molecule has 0 unspecified atom stereocenters. The average Bonchev–Trinajstić information content (AvgIpc) is 3.63. The summed E-state index contributed by atoms with van der Waals surface area (Å²) in [5.41, 5.74) is 2.96. The molecule has 1 N–H and O–H groups in total. The molecule has 1 fully saturated rings. The number of rotatable bonds is 7. The number of thiazole rings is 1. The minimum atomic E-state index is -0.449. The van der Waals surface area contributed by atoms with Gasteiger partial charge in [0.15, 0.2) is 16.7 Å². The van der Waals surface area contributed by atoms with E-state index >= 15 is 4.39 Å². The molecule has 1 amide bonds. The molecular weight excluding hydrogens is 592 g/mol. The Morgan fingerprint density at radius 1 is 1.02 bits per heavy atom. The minimum Gasteiger partial charge on any atom is -0.482 e. The number of halogens is 1. The van der Waals surface area contributed by atoms with Crippen molar-refractivity contribution in [1.82, 2.24) is 10.3 Å². The fourth-order valence-electron chi connectivity index (χ4n) is 6.05. The minimum absolute atomic E-state index is 0.0807. The highest BCUT2D eigenvalue weighted by Gasteiger charge is 2.41. The number of fused-ring (bicyclic) bond motifs is 1. The van der Waals surface area contributed by atoms with Crippen molar-refractivity contribution < 1.29 is 13.9 Å². The van der Waals surface area contributed by atoms with Crippen LogP contribution in [0, 0.1) is 12.7 Å². The van der Waals surface area contributed by atoms with E-state index in [0.29, 0.717) is 23.7 Å². The second-order valence-electron chi connectivity index (χ2n) is 13.0. The van der Waals surface area contributed by atoms with E-state index in [0.717, 1.165) is 56.1 Å². The summed E-state index contributed by atoms with van der Waals surface area (Å²) in [4.78, 5) is 25.0. The number of carbonyl (C=O) groups is 1. The van der Waals surface area contributed by atoms with E-state index in [-0.39, 0.29) is 17.1 Å². The van der Waals surface area contributed by atoms with Crippen LogP contribution in [-0.2, 0) is 18.4 Å². The molecule has 0 radical (unpaired) electrons. The molecule has 0 bridgehead atoms. The molecule has 0 atom stereocenters. The molecule has 4 aromatic rings. The Morgan fingerprint density at radius 3 is 2.48 bits per heavy atom. The van der Waals surface area contributed by atoms with Gasteiger partial charge in [0.2, 0.25) is 0 Å². The van der Waals surface area contributed by atoms with E-state index in [1.54, 1.807) is 23.6 Å². The Morgan fingerprint density at radius 2 is 1.77 bits per heavy atom. The largest absolute Gasteiger partial charge is 0.482 e. The number of piperidine rings is 1. The number of nitrogens with one attached hydrogen (secondary N) is 1. The molecule has 4 heterocycles. The van der Waals surface area contributed by atoms with Crippen LogP contribution >= 0.6 is 22.7 Å². The monoisotopic (exact) mass is 632 g/mol. The fraction of sp³-hybridized carbons (Fsp3) is 0.429. The van der Waals surface area contributed by atoms with Gasteiger partial charge in [0.25, 0.3) is 5.91 Å². The third-order valence-corrected chi connectivity index (χ3v) is 10.9. The predicted octanol–water partition coefficient (Wildman–Crippen LogP) is 7.75. The molecule has 0 aliphatic carbocycles. The summed E-state index contributed by atoms with van der Waals surface area (Å²) < 4.78 is 21.9. The Labute approximate surface area is 267 Å². The number of nitrogens with zero attached hydrogens (tertiary/aromatic N) is 3. The smallest absolute Gasteiger partial charge is 0.263 e. The normalized spacial score (nSPS) is 16.4. The number of thiophene rings is 1. The van der Waals surface area contributed by atoms with Crippen LogP contribution in [0.25, 0.3) is 0 Å². The van der Waals surface area contributed by atoms with Gasteiger partial charge in [-0.1, -0.05) is 62.4 Å². The van der Waals surface area contributed by atoms with Gasteiger partial charge in [-0.15, -0.1) is 11.3 Å². The highest BCUT2D eigenvalue weighted by molar-refractivity contribution is 7.17. The zero-order chi connectivity index (χ0) is 30.9. The van der Waals surface area contributed by atoms with Crippen molar-refractivity contribution in [3.05, 3.63) is 92.4 Å². The zero-order valence-electron chi connectivity index (χ0n) is 26.0. The van der Waals surface area contributed by atoms with Crippen molar-refractivity contribution in [3.63, 3.8) is 0 Å². The van der Waals surface area contributed by atoms with Crippen molar-refractivity contribution >= 4 is 39.4 Å². The van der Waals surface area contributed by atoms with Gasteiger partial charge in [-0.2, -0.15) is 0 Å². The van der Waals surface area contributed by atoms with E-state index in [4.69, 9.17) is 4.74 Å². The number of carbonyl (C=O) groups excluding carboxylic acids is 1. The van der Waals surface area contributed by atoms with E-state index < -0.39 is 5.60 Å². The van der Waals surface area contributed by atoms with Gasteiger partial charge in [-0.3, -0.25) is 4.79 Å². The van der Waals surface area contributed by atoms with Gasteiger partial charge in [-0.05, 0) is 54.2 Å². The SMILES string of the molecule is Cc1ccc(CCNC(=O)c2cnc(N3CCC4(CC3)CCN(Cc3ccc(C(C)(C)C)cc3)c3cccc(F)c3O4)s2)s1. The number of anilines is 2. The molecule has 9 heteroatoms. The number of hydrogen-bond donors (Lipinski definition) is 1. The molecule has 2 aliphatic rings. The maximum absolute atomic E-state index is 15.3. The van der Waals surface area contributed by atoms with Gasteiger partial charge in [-0.25, -0.2) is 9.37 Å². The van der Waals surface area contributed by atoms with Crippen molar-refractivity contribution in [1.29, 1.82) is 0 Å². The number of aromatic nitrogens is 1. The van der Waals surface area contributed by atoms with Gasteiger partial charge >= 0.3 is 0 Å². The lowest BCUT2D eigenvalue weighted by Gasteiger charge is -2.41. The van der Waals surface area contributed by atoms with E-state index in [1.165, 1.54) is 38.3 Å². The highest BCUT2D eigenvalue weighted by atomic mass is 32.1. The van der Waals surface area contributed by atoms with Gasteiger partial charge in [0.05, 0.1) is 11.9 Å². The Balaban J connectivity index is 1.09. The van der Waals surface area contributed by atoms with Crippen LogP contribution in [0.3, 0.4) is 0 Å². The number of amides is 1. The zero-order valence-corrected chi connectivity index (χ0v) is 27.6. The molecule has 1 saturated heterocycles. The van der Waals surface area contributed by atoms with Crippen LogP contribution < -0.4 is 19.9 Å². The van der Waals surface area contributed by atoms with Gasteiger partial charge in [0.1, 0.15) is 10.5 Å². The van der Waals surface area contributed by atoms with E-state index in [9.17, 15) is 4.79 Å². The lowest BCUT2D eigenvalue weighted by atomic mass is 9.86. The van der Waals surface area contributed by atoms with Crippen LogP contribution in [-0.4, -0.2) is 42.7 Å². The molecule has 1 spiro atoms. The quantitative estimate of drug-likeness (QED) is 0.226. The van der Waals surface area contributed by atoms with Crippen molar-refractivity contribution in [2.75, 3.05) is 36.0 Å². The summed E-state index contributed by atoms with van der Waals surface area (Å²) in [7, 11) is 0. The van der Waals surface area contributed by atoms with Crippen LogP contribution in [0.15, 0.2) is 60.8 Å². The third kappa shape index (κ3) is 6.79. The van der Waals surface area contributed by atoms with Crippen molar-refractivity contribution in [3.8, 4) is 5.75 Å². The molecule has 6 rings (SSSR count). The van der Waals surface area contributed by atoms with Crippen LogP contribution in [0.2, 0.25) is 0 Å². The number of hydrogen-bond acceptors (Lipinski definition) is 7. The highest BCUT2D eigenvalue weighted by Crippen LogP contribution is 2.43. The molecule has 2 aliphatic heterocycles. The Bertz CT molecular complexity index is 1600. The van der Waals surface area contributed by atoms with Gasteiger partial charge < -0.3 is 19.9 Å². The summed E-state index contributed by atoms with van der Waals surface area (Å²) in [6, 6.07) is 18.2. The van der Waals surface area contributed by atoms with Crippen LogP contribution in [0.1, 0.15) is 70.6 Å². The molecule has 6 nitrogen and oxygen atoms in total. The maximum Gasteiger partial charge on any atom is 0.263 e. The summed E-state index contributed by atoms with van der Waals surface area (Å²) in [5.74, 6) is -0.0393. The lowest BCUT2D eigenvalue weighted by molar-refractivity contribution is 0.0375. The summed E-state index contributed by atoms with van der Waals surface area (Å²) in [6.07, 6.45) is 4.83. The molecule has 2 aromatic carbocycles. The van der Waals surface area contributed by atoms with E-state index in [1.807, 2.05) is 6.07 Å². The summed E-state index contributed by atoms with van der Waals surface area (Å²) in [5, 5.41) is 3.88. The number of ether oxygens (including phenoxy) is 1. The van der Waals surface area contributed by atoms with Crippen LogP contribution in [0.5, 0.6) is 5.75 Å². The van der Waals surface area contributed by atoms with Gasteiger partial charge in [0, 0.05) is 61.7 Å². The topological polar surface area (TPSA) is 57.7 Å². The Hall–Kier alpha value is -3.43. The van der Waals surface area contributed by atoms with Crippen LogP contribution in [0.4, 0.5) is 15.2 Å². The molecule has 232 valence electrons. The number of aryl methyl sites for hydroxylation is 1. The first-order chi connectivity index (χ1) is 21.1. The summed E-state index contributed by atoms with van der Waals surface area (Å²) >= 11 is 3.19. The fourth-order valence-corrected chi connectivity index (χ4v) is 7.82. The standard InChI is InChI=1S/C35H41FN4O2S2/c1-24-8-13-27(43-24)14-18-37-32(41)30-22-38-33(44-30)39-19-15-35(16-20-39)17-21-40(29-7-5-6-28(36)31(29)42-35)23-25-9-11-26(12-10-25)34(2,3)4/h5-13,22H,14-21,23H2,1-4H3,(H,37,41). The number of benzene rings is 2. The molecule has 0 saturated carbocycles.